The van der Waals surface area contributed by atoms with Gasteiger partial charge >= 0.3 is 0 Å². The highest BCUT2D eigenvalue weighted by molar-refractivity contribution is 5.88. The van der Waals surface area contributed by atoms with Crippen LogP contribution >= 0.6 is 0 Å². The number of hydrogen-bond acceptors (Lipinski definition) is 2. The van der Waals surface area contributed by atoms with E-state index in [2.05, 4.69) is 77.9 Å². The number of benzene rings is 3. The highest BCUT2D eigenvalue weighted by atomic mass is 16.1. The van der Waals surface area contributed by atoms with Crippen molar-refractivity contribution in [3.05, 3.63) is 90.0 Å². The summed E-state index contributed by atoms with van der Waals surface area (Å²) in [5, 5.41) is 2.79. The molecular weight excluding hydrogens is 320 g/mol. The Morgan fingerprint density at radius 2 is 1.27 bits per heavy atom. The van der Waals surface area contributed by atoms with Gasteiger partial charge in [-0.2, -0.15) is 0 Å². The summed E-state index contributed by atoms with van der Waals surface area (Å²) in [6.07, 6.45) is 0. The topological polar surface area (TPSA) is 32.3 Å². The molecule has 1 amide bonds. The fraction of sp³-hybridized carbons (Fsp3) is 0.174. The third-order valence-electron chi connectivity index (χ3n) is 4.24. The van der Waals surface area contributed by atoms with E-state index in [1.165, 1.54) is 29.2 Å². The predicted octanol–water partition coefficient (Wildman–Crippen LogP) is 4.94. The van der Waals surface area contributed by atoms with Gasteiger partial charge in [-0.05, 0) is 41.4 Å². The summed E-state index contributed by atoms with van der Waals surface area (Å²) in [6, 6.07) is 27.2. The summed E-state index contributed by atoms with van der Waals surface area (Å²) in [7, 11) is 2.12. The molecule has 3 aromatic rings. The normalized spacial score (nSPS) is 10.7. The molecule has 0 saturated carbocycles. The molecule has 0 aliphatic heterocycles. The summed E-state index contributed by atoms with van der Waals surface area (Å²) < 4.78 is 0. The van der Waals surface area contributed by atoms with Crippen LogP contribution in [0.4, 0.5) is 5.69 Å². The standard InChI is InChI=1S/C23H24N2O/c1-18(26)24-23-14-10-20(11-15-23)17-25(2)16-19-8-12-22(13-9-19)21-6-4-3-5-7-21/h3-15H,16-17H2,1-2H3,(H,24,26). The Morgan fingerprint density at radius 1 is 0.769 bits per heavy atom. The molecular formula is C23H24N2O. The monoisotopic (exact) mass is 344 g/mol. The lowest BCUT2D eigenvalue weighted by atomic mass is 10.0. The molecule has 0 spiro atoms. The van der Waals surface area contributed by atoms with Gasteiger partial charge in [-0.15, -0.1) is 0 Å². The molecule has 3 nitrogen and oxygen atoms in total. The summed E-state index contributed by atoms with van der Waals surface area (Å²) >= 11 is 0. The smallest absolute Gasteiger partial charge is 0.221 e. The number of nitrogens with one attached hydrogen (secondary N) is 1. The fourth-order valence-corrected chi connectivity index (χ4v) is 3.01. The number of nitrogens with zero attached hydrogens (tertiary/aromatic N) is 1. The van der Waals surface area contributed by atoms with Crippen LogP contribution in [-0.4, -0.2) is 17.9 Å². The molecule has 0 fully saturated rings. The number of anilines is 1. The first-order valence-electron chi connectivity index (χ1n) is 8.79. The lowest BCUT2D eigenvalue weighted by Crippen LogP contribution is -2.17. The summed E-state index contributed by atoms with van der Waals surface area (Å²) in [4.78, 5) is 13.4. The van der Waals surface area contributed by atoms with Gasteiger partial charge in [0.2, 0.25) is 5.91 Å². The summed E-state index contributed by atoms with van der Waals surface area (Å²) in [5.41, 5.74) is 5.84. The molecule has 0 saturated heterocycles. The third kappa shape index (κ3) is 5.04. The second-order valence-electron chi connectivity index (χ2n) is 6.61. The van der Waals surface area contributed by atoms with Gasteiger partial charge in [0.25, 0.3) is 0 Å². The SMILES string of the molecule is CC(=O)Nc1ccc(CN(C)Cc2ccc(-c3ccccc3)cc2)cc1. The number of rotatable bonds is 6. The molecule has 3 rings (SSSR count). The van der Waals surface area contributed by atoms with Crippen molar-refractivity contribution in [3.8, 4) is 11.1 Å². The van der Waals surface area contributed by atoms with E-state index in [-0.39, 0.29) is 5.91 Å². The Morgan fingerprint density at radius 3 is 1.81 bits per heavy atom. The second kappa shape index (κ2) is 8.45. The molecule has 0 aromatic heterocycles. The lowest BCUT2D eigenvalue weighted by Gasteiger charge is -2.17. The van der Waals surface area contributed by atoms with Crippen LogP contribution in [0.5, 0.6) is 0 Å². The van der Waals surface area contributed by atoms with Gasteiger partial charge in [0.15, 0.2) is 0 Å². The minimum absolute atomic E-state index is 0.0474. The number of amides is 1. The van der Waals surface area contributed by atoms with Crippen LogP contribution in [-0.2, 0) is 17.9 Å². The average Bonchev–Trinajstić information content (AvgIpc) is 2.64. The maximum absolute atomic E-state index is 11.1. The van der Waals surface area contributed by atoms with E-state index in [0.717, 1.165) is 18.8 Å². The molecule has 0 aliphatic carbocycles. The second-order valence-corrected chi connectivity index (χ2v) is 6.61. The zero-order valence-corrected chi connectivity index (χ0v) is 15.3. The van der Waals surface area contributed by atoms with Crippen LogP contribution in [0.1, 0.15) is 18.1 Å². The Bertz CT molecular complexity index is 840. The molecule has 0 aliphatic rings. The van der Waals surface area contributed by atoms with E-state index >= 15 is 0 Å². The molecule has 0 heterocycles. The molecule has 0 atom stereocenters. The lowest BCUT2D eigenvalue weighted by molar-refractivity contribution is -0.114. The minimum Gasteiger partial charge on any atom is -0.326 e. The van der Waals surface area contributed by atoms with Crippen LogP contribution in [0, 0.1) is 0 Å². The molecule has 3 heteroatoms. The van der Waals surface area contributed by atoms with Crippen molar-refractivity contribution < 1.29 is 4.79 Å². The third-order valence-corrected chi connectivity index (χ3v) is 4.24. The van der Waals surface area contributed by atoms with E-state index in [1.807, 2.05) is 18.2 Å². The highest BCUT2D eigenvalue weighted by Gasteiger charge is 2.04. The van der Waals surface area contributed by atoms with Crippen molar-refractivity contribution in [2.24, 2.45) is 0 Å². The largest absolute Gasteiger partial charge is 0.326 e. The van der Waals surface area contributed by atoms with Gasteiger partial charge in [-0.3, -0.25) is 9.69 Å². The van der Waals surface area contributed by atoms with Crippen LogP contribution < -0.4 is 5.32 Å². The first-order chi connectivity index (χ1) is 12.6. The van der Waals surface area contributed by atoms with E-state index in [9.17, 15) is 4.79 Å². The van der Waals surface area contributed by atoms with Crippen LogP contribution in [0.3, 0.4) is 0 Å². The number of carbonyl (C=O) groups is 1. The van der Waals surface area contributed by atoms with Crippen LogP contribution in [0.2, 0.25) is 0 Å². The van der Waals surface area contributed by atoms with Crippen molar-refractivity contribution >= 4 is 11.6 Å². The Balaban J connectivity index is 1.57. The first kappa shape index (κ1) is 17.9. The van der Waals surface area contributed by atoms with Crippen molar-refractivity contribution in [2.45, 2.75) is 20.0 Å². The van der Waals surface area contributed by atoms with Crippen molar-refractivity contribution in [3.63, 3.8) is 0 Å². The van der Waals surface area contributed by atoms with E-state index in [4.69, 9.17) is 0 Å². The van der Waals surface area contributed by atoms with Crippen molar-refractivity contribution in [1.82, 2.24) is 4.90 Å². The van der Waals surface area contributed by atoms with Crippen molar-refractivity contribution in [1.29, 1.82) is 0 Å². The van der Waals surface area contributed by atoms with Crippen LogP contribution in [0.25, 0.3) is 11.1 Å². The Hall–Kier alpha value is -2.91. The van der Waals surface area contributed by atoms with Gasteiger partial charge in [-0.1, -0.05) is 66.7 Å². The first-order valence-corrected chi connectivity index (χ1v) is 8.79. The van der Waals surface area contributed by atoms with Gasteiger partial charge in [0.1, 0.15) is 0 Å². The minimum atomic E-state index is -0.0474. The molecule has 1 N–H and O–H groups in total. The molecule has 0 unspecified atom stereocenters. The van der Waals surface area contributed by atoms with Crippen molar-refractivity contribution in [2.75, 3.05) is 12.4 Å². The predicted molar refractivity (Wildman–Crippen MR) is 108 cm³/mol. The highest BCUT2D eigenvalue weighted by Crippen LogP contribution is 2.20. The fourth-order valence-electron chi connectivity index (χ4n) is 3.01. The van der Waals surface area contributed by atoms with E-state index in [1.54, 1.807) is 0 Å². The van der Waals surface area contributed by atoms with Gasteiger partial charge < -0.3 is 5.32 Å². The number of carbonyl (C=O) groups excluding carboxylic acids is 1. The summed E-state index contributed by atoms with van der Waals surface area (Å²) in [6.45, 7) is 3.27. The molecule has 26 heavy (non-hydrogen) atoms. The number of hydrogen-bond donors (Lipinski definition) is 1. The molecule has 132 valence electrons. The van der Waals surface area contributed by atoms with Gasteiger partial charge in [0.05, 0.1) is 0 Å². The average molecular weight is 344 g/mol. The van der Waals surface area contributed by atoms with Gasteiger partial charge in [-0.25, -0.2) is 0 Å². The molecule has 0 radical (unpaired) electrons. The molecule has 0 bridgehead atoms. The van der Waals surface area contributed by atoms with E-state index in [0.29, 0.717) is 0 Å². The zero-order valence-electron chi connectivity index (χ0n) is 15.3. The van der Waals surface area contributed by atoms with Crippen LogP contribution in [0.15, 0.2) is 78.9 Å². The van der Waals surface area contributed by atoms with E-state index < -0.39 is 0 Å². The Kier molecular flexibility index (Phi) is 5.82. The maximum Gasteiger partial charge on any atom is 0.221 e. The molecule has 3 aromatic carbocycles. The quantitative estimate of drug-likeness (QED) is 0.686. The summed E-state index contributed by atoms with van der Waals surface area (Å²) in [5.74, 6) is -0.0474. The van der Waals surface area contributed by atoms with Gasteiger partial charge in [0, 0.05) is 25.7 Å². The zero-order chi connectivity index (χ0) is 18.4. The Labute approximate surface area is 155 Å². The maximum atomic E-state index is 11.1.